The Morgan fingerprint density at radius 1 is 1.40 bits per heavy atom. The lowest BCUT2D eigenvalue weighted by Crippen LogP contribution is -2.31. The van der Waals surface area contributed by atoms with Gasteiger partial charge in [0.15, 0.2) is 0 Å². The Hall–Kier alpha value is -0.950. The van der Waals surface area contributed by atoms with Gasteiger partial charge in [0.25, 0.3) is 0 Å². The van der Waals surface area contributed by atoms with Crippen LogP contribution in [0.4, 0.5) is 0 Å². The zero-order valence-corrected chi connectivity index (χ0v) is 12.6. The van der Waals surface area contributed by atoms with Crippen LogP contribution in [0.1, 0.15) is 25.3 Å². The van der Waals surface area contributed by atoms with Crippen molar-refractivity contribution in [2.24, 2.45) is 0 Å². The first-order chi connectivity index (χ1) is 9.62. The van der Waals surface area contributed by atoms with E-state index >= 15 is 0 Å². The molecule has 0 bridgehead atoms. The lowest BCUT2D eigenvalue weighted by atomic mass is 10.2. The van der Waals surface area contributed by atoms with E-state index in [9.17, 15) is 8.42 Å². The number of hydrogen-bond donors (Lipinski definition) is 2. The van der Waals surface area contributed by atoms with E-state index < -0.39 is 10.0 Å². The van der Waals surface area contributed by atoms with Crippen molar-refractivity contribution in [1.29, 1.82) is 0 Å². The molecule has 2 N–H and O–H groups in total. The molecule has 0 radical (unpaired) electrons. The van der Waals surface area contributed by atoms with Crippen LogP contribution in [0, 0.1) is 0 Å². The van der Waals surface area contributed by atoms with Crippen molar-refractivity contribution in [3.63, 3.8) is 0 Å². The Bertz CT molecular complexity index is 525. The highest BCUT2D eigenvalue weighted by molar-refractivity contribution is 7.89. The summed E-state index contributed by atoms with van der Waals surface area (Å²) >= 11 is 0. The number of benzene rings is 1. The minimum absolute atomic E-state index is 0.00900. The topological polar surface area (TPSA) is 67.4 Å². The highest BCUT2D eigenvalue weighted by Gasteiger charge is 2.20. The maximum absolute atomic E-state index is 12.2. The second-order valence-electron chi connectivity index (χ2n) is 4.91. The number of nitrogens with one attached hydrogen (secondary N) is 2. The quantitative estimate of drug-likeness (QED) is 0.795. The molecular formula is C14H22N2O3S. The van der Waals surface area contributed by atoms with Crippen LogP contribution in [0.25, 0.3) is 0 Å². The van der Waals surface area contributed by atoms with Gasteiger partial charge in [-0.05, 0) is 37.1 Å². The van der Waals surface area contributed by atoms with Gasteiger partial charge in [0.2, 0.25) is 10.0 Å². The molecule has 0 aromatic heterocycles. The van der Waals surface area contributed by atoms with Crippen molar-refractivity contribution >= 4 is 10.0 Å². The number of ether oxygens (including phenoxy) is 1. The van der Waals surface area contributed by atoms with Crippen molar-refractivity contribution < 1.29 is 13.2 Å². The molecule has 1 aromatic carbocycles. The Balaban J connectivity index is 2.00. The first kappa shape index (κ1) is 15.4. The summed E-state index contributed by atoms with van der Waals surface area (Å²) in [7, 11) is -3.45. The molecule has 20 heavy (non-hydrogen) atoms. The van der Waals surface area contributed by atoms with Crippen LogP contribution in [-0.2, 0) is 21.3 Å². The molecule has 1 unspecified atom stereocenters. The molecule has 1 aromatic rings. The van der Waals surface area contributed by atoms with E-state index in [1.807, 2.05) is 13.0 Å². The van der Waals surface area contributed by atoms with Crippen molar-refractivity contribution in [2.75, 3.05) is 19.7 Å². The van der Waals surface area contributed by atoms with E-state index in [2.05, 4.69) is 10.0 Å². The van der Waals surface area contributed by atoms with E-state index in [0.29, 0.717) is 18.0 Å². The van der Waals surface area contributed by atoms with E-state index in [1.165, 1.54) is 0 Å². The third-order valence-electron chi connectivity index (χ3n) is 3.31. The maximum atomic E-state index is 12.2. The summed E-state index contributed by atoms with van der Waals surface area (Å²) in [6.45, 7) is 4.62. The van der Waals surface area contributed by atoms with Gasteiger partial charge in [0, 0.05) is 19.7 Å². The van der Waals surface area contributed by atoms with E-state index in [-0.39, 0.29) is 6.10 Å². The molecule has 112 valence electrons. The smallest absolute Gasteiger partial charge is 0.240 e. The molecule has 0 amide bonds. The number of rotatable bonds is 7. The van der Waals surface area contributed by atoms with Crippen LogP contribution in [-0.4, -0.2) is 34.2 Å². The van der Waals surface area contributed by atoms with Crippen LogP contribution < -0.4 is 10.0 Å². The van der Waals surface area contributed by atoms with Gasteiger partial charge < -0.3 is 10.1 Å². The molecule has 5 nitrogen and oxygen atoms in total. The van der Waals surface area contributed by atoms with Crippen molar-refractivity contribution in [3.05, 3.63) is 29.8 Å². The minimum atomic E-state index is -3.45. The fourth-order valence-corrected chi connectivity index (χ4v) is 3.32. The first-order valence-electron chi connectivity index (χ1n) is 7.03. The monoisotopic (exact) mass is 298 g/mol. The van der Waals surface area contributed by atoms with Gasteiger partial charge in [-0.3, -0.25) is 0 Å². The molecule has 1 atom stereocenters. The average molecular weight is 298 g/mol. The van der Waals surface area contributed by atoms with Crippen molar-refractivity contribution in [1.82, 2.24) is 10.0 Å². The van der Waals surface area contributed by atoms with Gasteiger partial charge >= 0.3 is 0 Å². The van der Waals surface area contributed by atoms with Crippen LogP contribution in [0.15, 0.2) is 29.2 Å². The third-order valence-corrected chi connectivity index (χ3v) is 4.73. The van der Waals surface area contributed by atoms with Crippen molar-refractivity contribution in [3.8, 4) is 0 Å². The Labute approximate surface area is 120 Å². The lowest BCUT2D eigenvalue weighted by molar-refractivity contribution is 0.114. The summed E-state index contributed by atoms with van der Waals surface area (Å²) in [6.07, 6.45) is 1.93. The minimum Gasteiger partial charge on any atom is -0.377 e. The van der Waals surface area contributed by atoms with Gasteiger partial charge in [0.1, 0.15) is 0 Å². The largest absolute Gasteiger partial charge is 0.377 e. The summed E-state index contributed by atoms with van der Waals surface area (Å²) in [5.74, 6) is 0. The number of hydrogen-bond acceptors (Lipinski definition) is 4. The molecule has 0 spiro atoms. The molecule has 6 heteroatoms. The van der Waals surface area contributed by atoms with Gasteiger partial charge in [-0.2, -0.15) is 0 Å². The summed E-state index contributed by atoms with van der Waals surface area (Å²) in [4.78, 5) is 0.311. The molecule has 1 fully saturated rings. The van der Waals surface area contributed by atoms with Crippen LogP contribution in [0.5, 0.6) is 0 Å². The molecule has 1 aliphatic rings. The Morgan fingerprint density at radius 3 is 2.95 bits per heavy atom. The third kappa shape index (κ3) is 4.28. The van der Waals surface area contributed by atoms with Gasteiger partial charge in [-0.25, -0.2) is 13.1 Å². The summed E-state index contributed by atoms with van der Waals surface area (Å²) in [5.41, 5.74) is 0.965. The highest BCUT2D eigenvalue weighted by Crippen LogP contribution is 2.14. The highest BCUT2D eigenvalue weighted by atomic mass is 32.2. The Morgan fingerprint density at radius 2 is 2.25 bits per heavy atom. The Kier molecular flexibility index (Phi) is 5.54. The predicted molar refractivity (Wildman–Crippen MR) is 78.0 cm³/mol. The fourth-order valence-electron chi connectivity index (χ4n) is 2.18. The standard InChI is InChI=1S/C14H22N2O3S/c1-2-15-10-12-5-3-7-14(9-12)20(17,18)16-11-13-6-4-8-19-13/h3,5,7,9,13,15-16H,2,4,6,8,10-11H2,1H3. The van der Waals surface area contributed by atoms with E-state index in [0.717, 1.165) is 31.6 Å². The normalized spacial score (nSPS) is 19.4. The molecule has 1 saturated heterocycles. The van der Waals surface area contributed by atoms with Gasteiger partial charge in [-0.1, -0.05) is 19.1 Å². The fraction of sp³-hybridized carbons (Fsp3) is 0.571. The van der Waals surface area contributed by atoms with Crippen molar-refractivity contribution in [2.45, 2.75) is 37.3 Å². The summed E-state index contributed by atoms with van der Waals surface area (Å²) in [6, 6.07) is 7.02. The van der Waals surface area contributed by atoms with E-state index in [1.54, 1.807) is 18.2 Å². The molecular weight excluding hydrogens is 276 g/mol. The first-order valence-corrected chi connectivity index (χ1v) is 8.51. The van der Waals surface area contributed by atoms with Crippen LogP contribution in [0.2, 0.25) is 0 Å². The van der Waals surface area contributed by atoms with Gasteiger partial charge in [-0.15, -0.1) is 0 Å². The second-order valence-corrected chi connectivity index (χ2v) is 6.68. The van der Waals surface area contributed by atoms with Crippen LogP contribution in [0.3, 0.4) is 0 Å². The average Bonchev–Trinajstić information content (AvgIpc) is 2.97. The summed E-state index contributed by atoms with van der Waals surface area (Å²) < 4.78 is 32.5. The maximum Gasteiger partial charge on any atom is 0.240 e. The lowest BCUT2D eigenvalue weighted by Gasteiger charge is -2.12. The zero-order chi connectivity index (χ0) is 14.4. The zero-order valence-electron chi connectivity index (χ0n) is 11.8. The van der Waals surface area contributed by atoms with Crippen LogP contribution >= 0.6 is 0 Å². The molecule has 1 heterocycles. The van der Waals surface area contributed by atoms with E-state index in [4.69, 9.17) is 4.74 Å². The predicted octanol–water partition coefficient (Wildman–Crippen LogP) is 1.25. The summed E-state index contributed by atoms with van der Waals surface area (Å²) in [5, 5.41) is 3.18. The molecule has 1 aliphatic heterocycles. The SMILES string of the molecule is CCNCc1cccc(S(=O)(=O)NCC2CCCO2)c1. The molecule has 2 rings (SSSR count). The van der Waals surface area contributed by atoms with Gasteiger partial charge in [0.05, 0.1) is 11.0 Å². The molecule has 0 saturated carbocycles. The second kappa shape index (κ2) is 7.17. The number of sulfonamides is 1. The molecule has 0 aliphatic carbocycles.